The second-order valence-electron chi connectivity index (χ2n) is 5.62. The molecule has 4 N–H and O–H groups in total. The Morgan fingerprint density at radius 1 is 1.16 bits per heavy atom. The molecule has 1 atom stereocenters. The van der Waals surface area contributed by atoms with Gasteiger partial charge in [0.25, 0.3) is 5.91 Å². The number of carbonyl (C=O) groups is 1. The zero-order valence-electron chi connectivity index (χ0n) is 13.3. The Bertz CT molecular complexity index is 848. The molecule has 0 saturated heterocycles. The molecular formula is C18H16BrN3O2S. The molecule has 3 rings (SSSR count). The van der Waals surface area contributed by atoms with E-state index in [4.69, 9.17) is 12.2 Å². The summed E-state index contributed by atoms with van der Waals surface area (Å²) in [5.74, 6) is -0.0535. The van der Waals surface area contributed by atoms with Crippen molar-refractivity contribution in [3.63, 3.8) is 0 Å². The fourth-order valence-corrected chi connectivity index (χ4v) is 3.18. The summed E-state index contributed by atoms with van der Waals surface area (Å²) < 4.78 is 0.939. The maximum atomic E-state index is 12.9. The van der Waals surface area contributed by atoms with Gasteiger partial charge in [-0.25, -0.2) is 0 Å². The summed E-state index contributed by atoms with van der Waals surface area (Å²) in [4.78, 5) is 12.9. The van der Waals surface area contributed by atoms with Gasteiger partial charge < -0.3 is 21.1 Å². The van der Waals surface area contributed by atoms with Crippen molar-refractivity contribution in [2.75, 3.05) is 5.32 Å². The number of carbonyl (C=O) groups excluding carboxylic acids is 1. The molecule has 1 aliphatic heterocycles. The molecule has 5 nitrogen and oxygen atoms in total. The molecule has 2 aromatic carbocycles. The number of thiocarbonyl (C=S) groups is 1. The van der Waals surface area contributed by atoms with E-state index in [1.54, 1.807) is 24.3 Å². The SMILES string of the molecule is CC1=C(C(=O)Nc2ccc(Br)cc2)[C@H](c2ccc(O)cc2)NC(=S)N1. The van der Waals surface area contributed by atoms with Crippen LogP contribution in [0.1, 0.15) is 18.5 Å². The van der Waals surface area contributed by atoms with Crippen molar-refractivity contribution in [3.8, 4) is 5.75 Å². The van der Waals surface area contributed by atoms with E-state index in [-0.39, 0.29) is 11.7 Å². The largest absolute Gasteiger partial charge is 0.508 e. The van der Waals surface area contributed by atoms with Crippen molar-refractivity contribution in [2.45, 2.75) is 13.0 Å². The first-order chi connectivity index (χ1) is 11.9. The number of halogens is 1. The molecule has 0 spiro atoms. The maximum Gasteiger partial charge on any atom is 0.255 e. The maximum absolute atomic E-state index is 12.9. The van der Waals surface area contributed by atoms with Gasteiger partial charge in [-0.15, -0.1) is 0 Å². The zero-order chi connectivity index (χ0) is 18.0. The van der Waals surface area contributed by atoms with Crippen molar-refractivity contribution in [3.05, 3.63) is 69.8 Å². The molecule has 0 saturated carbocycles. The third-order valence-corrected chi connectivity index (χ3v) is 4.59. The minimum atomic E-state index is -0.398. The van der Waals surface area contributed by atoms with Crippen LogP contribution in [0.5, 0.6) is 5.75 Å². The van der Waals surface area contributed by atoms with Gasteiger partial charge in [-0.2, -0.15) is 0 Å². The van der Waals surface area contributed by atoms with Crippen LogP contribution in [-0.4, -0.2) is 16.1 Å². The Morgan fingerprint density at radius 2 is 1.80 bits per heavy atom. The zero-order valence-corrected chi connectivity index (χ0v) is 15.7. The van der Waals surface area contributed by atoms with Crippen LogP contribution in [0.2, 0.25) is 0 Å². The molecule has 1 aliphatic rings. The Hall–Kier alpha value is -2.38. The van der Waals surface area contributed by atoms with E-state index in [0.717, 1.165) is 10.0 Å². The number of benzene rings is 2. The minimum absolute atomic E-state index is 0.168. The number of aromatic hydroxyl groups is 1. The van der Waals surface area contributed by atoms with Crippen LogP contribution in [0.3, 0.4) is 0 Å². The van der Waals surface area contributed by atoms with Crippen LogP contribution in [-0.2, 0) is 4.79 Å². The topological polar surface area (TPSA) is 73.4 Å². The van der Waals surface area contributed by atoms with Crippen molar-refractivity contribution in [2.24, 2.45) is 0 Å². The monoisotopic (exact) mass is 417 g/mol. The first kappa shape index (κ1) is 17.4. The summed E-state index contributed by atoms with van der Waals surface area (Å²) >= 11 is 8.60. The van der Waals surface area contributed by atoms with Crippen LogP contribution in [0.4, 0.5) is 5.69 Å². The first-order valence-corrected chi connectivity index (χ1v) is 8.78. The second-order valence-corrected chi connectivity index (χ2v) is 6.95. The molecule has 0 unspecified atom stereocenters. The van der Waals surface area contributed by atoms with Gasteiger partial charge in [-0.1, -0.05) is 28.1 Å². The van der Waals surface area contributed by atoms with E-state index in [1.165, 1.54) is 0 Å². The van der Waals surface area contributed by atoms with Gasteiger partial charge >= 0.3 is 0 Å². The Kier molecular flexibility index (Phi) is 5.06. The summed E-state index contributed by atoms with van der Waals surface area (Å²) in [7, 11) is 0. The summed E-state index contributed by atoms with van der Waals surface area (Å²) in [6, 6.07) is 13.7. The lowest BCUT2D eigenvalue weighted by Gasteiger charge is -2.30. The predicted octanol–water partition coefficient (Wildman–Crippen LogP) is 3.59. The normalized spacial score (nSPS) is 16.9. The summed E-state index contributed by atoms with van der Waals surface area (Å²) in [5.41, 5.74) is 2.77. The van der Waals surface area contributed by atoms with E-state index in [9.17, 15) is 9.90 Å². The van der Waals surface area contributed by atoms with E-state index >= 15 is 0 Å². The third kappa shape index (κ3) is 4.00. The number of anilines is 1. The number of amides is 1. The van der Waals surface area contributed by atoms with Crippen LogP contribution in [0, 0.1) is 0 Å². The summed E-state index contributed by atoms with van der Waals surface area (Å²) in [5, 5.41) is 19.0. The van der Waals surface area contributed by atoms with E-state index in [2.05, 4.69) is 31.9 Å². The Labute approximate surface area is 159 Å². The predicted molar refractivity (Wildman–Crippen MR) is 105 cm³/mol. The molecular weight excluding hydrogens is 402 g/mol. The Morgan fingerprint density at radius 3 is 2.44 bits per heavy atom. The lowest BCUT2D eigenvalue weighted by molar-refractivity contribution is -0.113. The van der Waals surface area contributed by atoms with Gasteiger partial charge in [0.05, 0.1) is 11.6 Å². The molecule has 7 heteroatoms. The molecule has 0 radical (unpaired) electrons. The fraction of sp³-hybridized carbons (Fsp3) is 0.111. The highest BCUT2D eigenvalue weighted by atomic mass is 79.9. The van der Waals surface area contributed by atoms with Crippen molar-refractivity contribution >= 4 is 44.9 Å². The number of phenols is 1. The van der Waals surface area contributed by atoms with Crippen molar-refractivity contribution in [1.29, 1.82) is 0 Å². The molecule has 0 aliphatic carbocycles. The van der Waals surface area contributed by atoms with Gasteiger partial charge in [-0.3, -0.25) is 4.79 Å². The highest BCUT2D eigenvalue weighted by molar-refractivity contribution is 9.10. The van der Waals surface area contributed by atoms with Crippen LogP contribution in [0.15, 0.2) is 64.3 Å². The van der Waals surface area contributed by atoms with Crippen LogP contribution >= 0.6 is 28.1 Å². The van der Waals surface area contributed by atoms with Gasteiger partial charge in [-0.05, 0) is 61.1 Å². The first-order valence-electron chi connectivity index (χ1n) is 7.58. The molecule has 0 fully saturated rings. The smallest absolute Gasteiger partial charge is 0.255 e. The summed E-state index contributed by atoms with van der Waals surface area (Å²) in [6.45, 7) is 1.82. The molecule has 2 aromatic rings. The average molecular weight is 418 g/mol. The van der Waals surface area contributed by atoms with Gasteiger partial charge in [0.2, 0.25) is 0 Å². The van der Waals surface area contributed by atoms with Crippen LogP contribution in [0.25, 0.3) is 0 Å². The number of hydrogen-bond donors (Lipinski definition) is 4. The molecule has 1 amide bonds. The fourth-order valence-electron chi connectivity index (χ4n) is 2.64. The standard InChI is InChI=1S/C18H16BrN3O2S/c1-10-15(17(24)21-13-6-4-12(19)5-7-13)16(22-18(25)20-10)11-2-8-14(23)9-3-11/h2-9,16,23H,1H3,(H,21,24)(H2,20,22,25)/t16-/m0/s1. The molecule has 1 heterocycles. The molecule has 0 aromatic heterocycles. The van der Waals surface area contributed by atoms with Crippen molar-refractivity contribution < 1.29 is 9.90 Å². The number of allylic oxidation sites excluding steroid dienone is 1. The Balaban J connectivity index is 1.92. The lowest BCUT2D eigenvalue weighted by atomic mass is 9.95. The summed E-state index contributed by atoms with van der Waals surface area (Å²) in [6.07, 6.45) is 0. The molecule has 128 valence electrons. The number of rotatable bonds is 3. The quantitative estimate of drug-likeness (QED) is 0.574. The van der Waals surface area contributed by atoms with E-state index in [0.29, 0.717) is 22.1 Å². The van der Waals surface area contributed by atoms with Crippen molar-refractivity contribution in [1.82, 2.24) is 10.6 Å². The molecule has 0 bridgehead atoms. The number of phenolic OH excluding ortho intramolecular Hbond substituents is 1. The lowest BCUT2D eigenvalue weighted by Crippen LogP contribution is -2.45. The minimum Gasteiger partial charge on any atom is -0.508 e. The third-order valence-electron chi connectivity index (χ3n) is 3.84. The highest BCUT2D eigenvalue weighted by Crippen LogP contribution is 2.29. The highest BCUT2D eigenvalue weighted by Gasteiger charge is 2.29. The van der Waals surface area contributed by atoms with E-state index < -0.39 is 6.04 Å². The number of nitrogens with one attached hydrogen (secondary N) is 3. The van der Waals surface area contributed by atoms with Gasteiger partial charge in [0, 0.05) is 15.9 Å². The van der Waals surface area contributed by atoms with Crippen LogP contribution < -0.4 is 16.0 Å². The second kappa shape index (κ2) is 7.25. The van der Waals surface area contributed by atoms with Gasteiger partial charge in [0.1, 0.15) is 5.75 Å². The van der Waals surface area contributed by atoms with Gasteiger partial charge in [0.15, 0.2) is 5.11 Å². The molecule has 25 heavy (non-hydrogen) atoms. The number of hydrogen-bond acceptors (Lipinski definition) is 3. The van der Waals surface area contributed by atoms with E-state index in [1.807, 2.05) is 31.2 Å². The average Bonchev–Trinajstić information content (AvgIpc) is 2.57.